The Balaban J connectivity index is 2.02. The normalized spacial score (nSPS) is 18.6. The van der Waals surface area contributed by atoms with Gasteiger partial charge in [-0.1, -0.05) is 0 Å². The highest BCUT2D eigenvalue weighted by Crippen LogP contribution is 2.15. The van der Waals surface area contributed by atoms with Gasteiger partial charge in [0.15, 0.2) is 0 Å². The van der Waals surface area contributed by atoms with Crippen molar-refractivity contribution in [2.75, 3.05) is 32.8 Å². The molecule has 1 fully saturated rings. The van der Waals surface area contributed by atoms with E-state index in [1.165, 1.54) is 0 Å². The molecule has 118 valence electrons. The van der Waals surface area contributed by atoms with Gasteiger partial charge in [-0.05, 0) is 25.1 Å². The number of rotatable bonds is 5. The highest BCUT2D eigenvalue weighted by atomic mass is 32.2. The molecule has 8 heteroatoms. The lowest BCUT2D eigenvalue weighted by atomic mass is 10.2. The largest absolute Gasteiger partial charge is 0.379 e. The molecule has 1 aromatic carbocycles. The van der Waals surface area contributed by atoms with Crippen LogP contribution in [0, 0.1) is 11.6 Å². The minimum absolute atomic E-state index is 0.0553. The fourth-order valence-electron chi connectivity index (χ4n) is 2.14. The Hall–Kier alpha value is -1.09. The summed E-state index contributed by atoms with van der Waals surface area (Å²) < 4.78 is 58.2. The number of halogens is 2. The summed E-state index contributed by atoms with van der Waals surface area (Å²) in [6.07, 6.45) is 0. The molecule has 0 aliphatic carbocycles. The molecular formula is C13H18F2N2O3S. The predicted molar refractivity (Wildman–Crippen MR) is 73.4 cm³/mol. The smallest absolute Gasteiger partial charge is 0.243 e. The zero-order valence-electron chi connectivity index (χ0n) is 11.7. The Bertz CT molecular complexity index is 589. The third-order valence-electron chi connectivity index (χ3n) is 3.42. The fourth-order valence-corrected chi connectivity index (χ4v) is 3.35. The molecule has 5 nitrogen and oxygen atoms in total. The van der Waals surface area contributed by atoms with Crippen LogP contribution in [0.4, 0.5) is 8.78 Å². The fraction of sp³-hybridized carbons (Fsp3) is 0.538. The summed E-state index contributed by atoms with van der Waals surface area (Å²) in [7, 11) is -4.07. The standard InChI is InChI=1S/C13H18F2N2O3S/c1-10(17-4-6-20-7-5-17)9-16-21(18,19)13-8-11(14)2-3-12(13)15/h2-3,8,10,16H,4-7,9H2,1H3. The van der Waals surface area contributed by atoms with Crippen molar-refractivity contribution in [3.63, 3.8) is 0 Å². The van der Waals surface area contributed by atoms with Gasteiger partial charge in [-0.3, -0.25) is 4.90 Å². The lowest BCUT2D eigenvalue weighted by Crippen LogP contribution is -2.47. The molecule has 21 heavy (non-hydrogen) atoms. The molecule has 0 spiro atoms. The second kappa shape index (κ2) is 6.78. The van der Waals surface area contributed by atoms with Crippen LogP contribution in [0.3, 0.4) is 0 Å². The van der Waals surface area contributed by atoms with Crippen LogP contribution < -0.4 is 4.72 Å². The van der Waals surface area contributed by atoms with E-state index in [1.54, 1.807) is 0 Å². The second-order valence-corrected chi connectivity index (χ2v) is 6.66. The van der Waals surface area contributed by atoms with Crippen LogP contribution in [0.2, 0.25) is 0 Å². The highest BCUT2D eigenvalue weighted by molar-refractivity contribution is 7.89. The van der Waals surface area contributed by atoms with Crippen LogP contribution in [-0.4, -0.2) is 52.2 Å². The van der Waals surface area contributed by atoms with Crippen molar-refractivity contribution in [3.8, 4) is 0 Å². The van der Waals surface area contributed by atoms with Crippen molar-refractivity contribution in [1.29, 1.82) is 0 Å². The molecule has 1 saturated heterocycles. The summed E-state index contributed by atoms with van der Waals surface area (Å²) in [5.41, 5.74) is 0. The maximum Gasteiger partial charge on any atom is 0.243 e. The van der Waals surface area contributed by atoms with Crippen molar-refractivity contribution in [3.05, 3.63) is 29.8 Å². The van der Waals surface area contributed by atoms with Gasteiger partial charge in [0, 0.05) is 25.7 Å². The maximum absolute atomic E-state index is 13.5. The Morgan fingerprint density at radius 1 is 1.33 bits per heavy atom. The molecule has 1 unspecified atom stereocenters. The summed E-state index contributed by atoms with van der Waals surface area (Å²) in [6, 6.07) is 2.30. The van der Waals surface area contributed by atoms with Crippen molar-refractivity contribution in [1.82, 2.24) is 9.62 Å². The number of morpholine rings is 1. The monoisotopic (exact) mass is 320 g/mol. The number of nitrogens with zero attached hydrogens (tertiary/aromatic N) is 1. The molecule has 0 saturated carbocycles. The zero-order valence-corrected chi connectivity index (χ0v) is 12.5. The number of hydrogen-bond acceptors (Lipinski definition) is 4. The SMILES string of the molecule is CC(CNS(=O)(=O)c1cc(F)ccc1F)N1CCOCC1. The van der Waals surface area contributed by atoms with Crippen LogP contribution >= 0.6 is 0 Å². The molecule has 0 radical (unpaired) electrons. The quantitative estimate of drug-likeness (QED) is 0.878. The second-order valence-electron chi connectivity index (χ2n) is 4.92. The summed E-state index contributed by atoms with van der Waals surface area (Å²) in [5, 5.41) is 0. The van der Waals surface area contributed by atoms with E-state index in [-0.39, 0.29) is 12.6 Å². The average molecular weight is 320 g/mol. The molecule has 1 aliphatic rings. The van der Waals surface area contributed by atoms with Gasteiger partial charge in [-0.25, -0.2) is 21.9 Å². The molecule has 1 aliphatic heterocycles. The number of sulfonamides is 1. The summed E-state index contributed by atoms with van der Waals surface area (Å²) in [6.45, 7) is 4.65. The van der Waals surface area contributed by atoms with E-state index in [4.69, 9.17) is 4.74 Å². The van der Waals surface area contributed by atoms with Gasteiger partial charge in [0.05, 0.1) is 13.2 Å². The topological polar surface area (TPSA) is 58.6 Å². The minimum Gasteiger partial charge on any atom is -0.379 e. The van der Waals surface area contributed by atoms with Crippen LogP contribution in [0.1, 0.15) is 6.92 Å². The molecule has 1 N–H and O–H groups in total. The third-order valence-corrected chi connectivity index (χ3v) is 4.86. The Labute approximate surface area is 122 Å². The lowest BCUT2D eigenvalue weighted by molar-refractivity contribution is 0.0213. The van der Waals surface area contributed by atoms with Crippen molar-refractivity contribution in [2.45, 2.75) is 17.9 Å². The first-order chi connectivity index (χ1) is 9.90. The number of ether oxygens (including phenoxy) is 1. The van der Waals surface area contributed by atoms with Crippen molar-refractivity contribution < 1.29 is 21.9 Å². The van der Waals surface area contributed by atoms with Crippen molar-refractivity contribution in [2.24, 2.45) is 0 Å². The van der Waals surface area contributed by atoms with Crippen LogP contribution in [0.25, 0.3) is 0 Å². The van der Waals surface area contributed by atoms with E-state index in [0.717, 1.165) is 25.2 Å². The molecular weight excluding hydrogens is 302 g/mol. The van der Waals surface area contributed by atoms with Crippen LogP contribution in [0.5, 0.6) is 0 Å². The summed E-state index contributed by atoms with van der Waals surface area (Å²) in [5.74, 6) is -1.76. The molecule has 0 amide bonds. The van der Waals surface area contributed by atoms with Gasteiger partial charge in [-0.2, -0.15) is 0 Å². The van der Waals surface area contributed by atoms with E-state index < -0.39 is 26.6 Å². The van der Waals surface area contributed by atoms with Gasteiger partial charge in [0.2, 0.25) is 10.0 Å². The van der Waals surface area contributed by atoms with Gasteiger partial charge in [-0.15, -0.1) is 0 Å². The first-order valence-electron chi connectivity index (χ1n) is 6.66. The van der Waals surface area contributed by atoms with Gasteiger partial charge < -0.3 is 4.74 Å². The van der Waals surface area contributed by atoms with Crippen LogP contribution in [0.15, 0.2) is 23.1 Å². The van der Waals surface area contributed by atoms with E-state index >= 15 is 0 Å². The lowest BCUT2D eigenvalue weighted by Gasteiger charge is -2.32. The molecule has 1 atom stereocenters. The van der Waals surface area contributed by atoms with Crippen LogP contribution in [-0.2, 0) is 14.8 Å². The Morgan fingerprint density at radius 2 is 2.00 bits per heavy atom. The average Bonchev–Trinajstić information content (AvgIpc) is 2.48. The molecule has 2 rings (SSSR count). The zero-order chi connectivity index (χ0) is 15.5. The van der Waals surface area contributed by atoms with E-state index in [1.807, 2.05) is 6.92 Å². The summed E-state index contributed by atoms with van der Waals surface area (Å²) in [4.78, 5) is 1.41. The molecule has 0 bridgehead atoms. The Kier molecular flexibility index (Phi) is 5.26. The van der Waals surface area contributed by atoms with E-state index in [2.05, 4.69) is 9.62 Å². The first kappa shape index (κ1) is 16.3. The van der Waals surface area contributed by atoms with E-state index in [0.29, 0.717) is 19.3 Å². The van der Waals surface area contributed by atoms with E-state index in [9.17, 15) is 17.2 Å². The van der Waals surface area contributed by atoms with Gasteiger partial charge >= 0.3 is 0 Å². The minimum atomic E-state index is -4.07. The maximum atomic E-state index is 13.5. The number of benzene rings is 1. The highest BCUT2D eigenvalue weighted by Gasteiger charge is 2.23. The Morgan fingerprint density at radius 3 is 2.67 bits per heavy atom. The molecule has 0 aromatic heterocycles. The number of nitrogens with one attached hydrogen (secondary N) is 1. The third kappa shape index (κ3) is 4.19. The number of hydrogen-bond donors (Lipinski definition) is 1. The first-order valence-corrected chi connectivity index (χ1v) is 8.15. The molecule has 1 aromatic rings. The predicted octanol–water partition coefficient (Wildman–Crippen LogP) is 0.964. The van der Waals surface area contributed by atoms with Gasteiger partial charge in [0.1, 0.15) is 16.5 Å². The molecule has 1 heterocycles. The van der Waals surface area contributed by atoms with Gasteiger partial charge in [0.25, 0.3) is 0 Å². The summed E-state index contributed by atoms with van der Waals surface area (Å²) >= 11 is 0. The van der Waals surface area contributed by atoms with Crippen molar-refractivity contribution >= 4 is 10.0 Å².